The Morgan fingerprint density at radius 2 is 2.05 bits per heavy atom. The van der Waals surface area contributed by atoms with Gasteiger partial charge in [-0.1, -0.05) is 15.9 Å². The van der Waals surface area contributed by atoms with Gasteiger partial charge in [0.1, 0.15) is 0 Å². The summed E-state index contributed by atoms with van der Waals surface area (Å²) in [6.07, 6.45) is 3.07. The highest BCUT2D eigenvalue weighted by Gasteiger charge is 2.10. The second-order valence-corrected chi connectivity index (χ2v) is 5.79. The number of hydrogen-bond acceptors (Lipinski definition) is 3. The van der Waals surface area contributed by atoms with Gasteiger partial charge in [-0.2, -0.15) is 5.10 Å². The Balaban J connectivity index is 1.59. The number of hydrogen-bond donors (Lipinski definition) is 0. The van der Waals surface area contributed by atoms with E-state index in [0.717, 1.165) is 50.3 Å². The van der Waals surface area contributed by atoms with E-state index in [-0.39, 0.29) is 0 Å². The second-order valence-electron chi connectivity index (χ2n) is 4.88. The van der Waals surface area contributed by atoms with E-state index in [1.807, 2.05) is 6.20 Å². The molecular weight excluding hydrogens is 306 g/mol. The number of ether oxygens (including phenoxy) is 1. The molecule has 1 aromatic heterocycles. The molecule has 0 unspecified atom stereocenters. The molecular formula is C14H18BrN3O. The first-order chi connectivity index (χ1) is 9.33. The molecule has 0 saturated carbocycles. The van der Waals surface area contributed by atoms with Crippen LogP contribution in [0.1, 0.15) is 6.42 Å². The van der Waals surface area contributed by atoms with Crippen molar-refractivity contribution < 1.29 is 4.74 Å². The van der Waals surface area contributed by atoms with Gasteiger partial charge in [0.2, 0.25) is 0 Å². The van der Waals surface area contributed by atoms with Crippen LogP contribution in [0.4, 0.5) is 0 Å². The highest BCUT2D eigenvalue weighted by Crippen LogP contribution is 2.19. The summed E-state index contributed by atoms with van der Waals surface area (Å²) in [5.74, 6) is 0. The quantitative estimate of drug-likeness (QED) is 0.866. The largest absolute Gasteiger partial charge is 0.379 e. The summed E-state index contributed by atoms with van der Waals surface area (Å²) < 4.78 is 8.56. The number of fused-ring (bicyclic) bond motifs is 1. The van der Waals surface area contributed by atoms with Crippen molar-refractivity contribution in [2.24, 2.45) is 0 Å². The lowest BCUT2D eigenvalue weighted by molar-refractivity contribution is 0.0368. The van der Waals surface area contributed by atoms with Crippen LogP contribution < -0.4 is 0 Å². The molecule has 2 aromatic rings. The van der Waals surface area contributed by atoms with Gasteiger partial charge in [-0.05, 0) is 24.6 Å². The Morgan fingerprint density at radius 3 is 2.89 bits per heavy atom. The minimum atomic E-state index is 0.874. The zero-order valence-corrected chi connectivity index (χ0v) is 12.5. The summed E-state index contributed by atoms with van der Waals surface area (Å²) in [5.41, 5.74) is 1.21. The van der Waals surface area contributed by atoms with Crippen LogP contribution in [-0.2, 0) is 11.3 Å². The SMILES string of the molecule is Brc1ccc2c(cnn2CCCN2CCOCC2)c1. The van der Waals surface area contributed by atoms with Crippen molar-refractivity contribution in [3.8, 4) is 0 Å². The fourth-order valence-electron chi connectivity index (χ4n) is 2.50. The first-order valence-corrected chi connectivity index (χ1v) is 7.53. The zero-order chi connectivity index (χ0) is 13.1. The number of benzene rings is 1. The first-order valence-electron chi connectivity index (χ1n) is 6.74. The summed E-state index contributed by atoms with van der Waals surface area (Å²) in [7, 11) is 0. The van der Waals surface area contributed by atoms with Crippen molar-refractivity contribution in [3.63, 3.8) is 0 Å². The van der Waals surface area contributed by atoms with Gasteiger partial charge in [-0.25, -0.2) is 0 Å². The molecule has 0 radical (unpaired) electrons. The van der Waals surface area contributed by atoms with Gasteiger partial charge in [-0.3, -0.25) is 9.58 Å². The molecule has 1 aliphatic rings. The fourth-order valence-corrected chi connectivity index (χ4v) is 2.88. The summed E-state index contributed by atoms with van der Waals surface area (Å²) in [6, 6.07) is 6.31. The Hall–Kier alpha value is -0.910. The molecule has 0 atom stereocenters. The highest BCUT2D eigenvalue weighted by molar-refractivity contribution is 9.10. The molecule has 4 nitrogen and oxygen atoms in total. The second kappa shape index (κ2) is 6.03. The van der Waals surface area contributed by atoms with Gasteiger partial charge >= 0.3 is 0 Å². The van der Waals surface area contributed by atoms with Crippen LogP contribution in [-0.4, -0.2) is 47.5 Å². The number of morpholine rings is 1. The third-order valence-electron chi connectivity index (χ3n) is 3.55. The van der Waals surface area contributed by atoms with Crippen molar-refractivity contribution in [1.29, 1.82) is 0 Å². The maximum atomic E-state index is 5.36. The van der Waals surface area contributed by atoms with Crippen molar-refractivity contribution >= 4 is 26.8 Å². The minimum Gasteiger partial charge on any atom is -0.379 e. The molecule has 2 heterocycles. The molecule has 1 aliphatic heterocycles. The average Bonchev–Trinajstić information content (AvgIpc) is 2.82. The third kappa shape index (κ3) is 3.16. The molecule has 1 saturated heterocycles. The summed E-state index contributed by atoms with van der Waals surface area (Å²) >= 11 is 3.49. The van der Waals surface area contributed by atoms with Crippen LogP contribution >= 0.6 is 15.9 Å². The number of aromatic nitrogens is 2. The molecule has 1 aromatic carbocycles. The highest BCUT2D eigenvalue weighted by atomic mass is 79.9. The minimum absolute atomic E-state index is 0.874. The Bertz CT molecular complexity index is 549. The first kappa shape index (κ1) is 13.1. The van der Waals surface area contributed by atoms with E-state index in [1.165, 1.54) is 10.9 Å². The monoisotopic (exact) mass is 323 g/mol. The molecule has 102 valence electrons. The fraction of sp³-hybridized carbons (Fsp3) is 0.500. The predicted octanol–water partition coefficient (Wildman–Crippen LogP) is 2.52. The van der Waals surface area contributed by atoms with E-state index in [4.69, 9.17) is 4.74 Å². The van der Waals surface area contributed by atoms with Gasteiger partial charge in [0.25, 0.3) is 0 Å². The van der Waals surface area contributed by atoms with Crippen LogP contribution in [0.3, 0.4) is 0 Å². The Kier molecular flexibility index (Phi) is 4.15. The van der Waals surface area contributed by atoms with Crippen LogP contribution in [0.25, 0.3) is 10.9 Å². The molecule has 0 spiro atoms. The van der Waals surface area contributed by atoms with Crippen LogP contribution in [0, 0.1) is 0 Å². The average molecular weight is 324 g/mol. The molecule has 3 rings (SSSR count). The number of halogens is 1. The molecule has 0 N–H and O–H groups in total. The lowest BCUT2D eigenvalue weighted by atomic mass is 10.2. The normalized spacial score (nSPS) is 17.1. The summed E-state index contributed by atoms with van der Waals surface area (Å²) in [5, 5.41) is 5.67. The topological polar surface area (TPSA) is 30.3 Å². The van der Waals surface area contributed by atoms with Crippen LogP contribution in [0.2, 0.25) is 0 Å². The zero-order valence-electron chi connectivity index (χ0n) is 10.9. The maximum Gasteiger partial charge on any atom is 0.0683 e. The molecule has 0 amide bonds. The molecule has 1 fully saturated rings. The van der Waals surface area contributed by atoms with E-state index >= 15 is 0 Å². The number of aryl methyl sites for hydroxylation is 1. The summed E-state index contributed by atoms with van der Waals surface area (Å²) in [4.78, 5) is 2.46. The summed E-state index contributed by atoms with van der Waals surface area (Å²) in [6.45, 7) is 5.97. The Labute approximate surface area is 121 Å². The van der Waals surface area contributed by atoms with Gasteiger partial charge in [0.15, 0.2) is 0 Å². The Morgan fingerprint density at radius 1 is 1.21 bits per heavy atom. The molecule has 19 heavy (non-hydrogen) atoms. The standard InChI is InChI=1S/C14H18BrN3O/c15-13-2-3-14-12(10-13)11-16-18(14)5-1-4-17-6-8-19-9-7-17/h2-3,10-11H,1,4-9H2. The maximum absolute atomic E-state index is 5.36. The van der Waals surface area contributed by atoms with Crippen LogP contribution in [0.15, 0.2) is 28.9 Å². The number of nitrogens with zero attached hydrogens (tertiary/aromatic N) is 3. The van der Waals surface area contributed by atoms with Gasteiger partial charge in [-0.15, -0.1) is 0 Å². The van der Waals surface area contributed by atoms with Gasteiger partial charge in [0.05, 0.1) is 24.9 Å². The van der Waals surface area contributed by atoms with E-state index < -0.39 is 0 Å². The van der Waals surface area contributed by atoms with E-state index in [0.29, 0.717) is 0 Å². The van der Waals surface area contributed by atoms with Crippen molar-refractivity contribution in [2.75, 3.05) is 32.8 Å². The van der Waals surface area contributed by atoms with Gasteiger partial charge in [0, 0.05) is 36.0 Å². The van der Waals surface area contributed by atoms with Crippen LogP contribution in [0.5, 0.6) is 0 Å². The van der Waals surface area contributed by atoms with E-state index in [1.54, 1.807) is 0 Å². The molecule has 0 aliphatic carbocycles. The van der Waals surface area contributed by atoms with E-state index in [2.05, 4.69) is 48.8 Å². The van der Waals surface area contributed by atoms with Gasteiger partial charge < -0.3 is 4.74 Å². The third-order valence-corrected chi connectivity index (χ3v) is 4.05. The number of rotatable bonds is 4. The van der Waals surface area contributed by atoms with Crippen molar-refractivity contribution in [2.45, 2.75) is 13.0 Å². The molecule has 0 bridgehead atoms. The lowest BCUT2D eigenvalue weighted by Crippen LogP contribution is -2.37. The lowest BCUT2D eigenvalue weighted by Gasteiger charge is -2.26. The predicted molar refractivity (Wildman–Crippen MR) is 79.3 cm³/mol. The van der Waals surface area contributed by atoms with E-state index in [9.17, 15) is 0 Å². The van der Waals surface area contributed by atoms with Crippen molar-refractivity contribution in [3.05, 3.63) is 28.9 Å². The van der Waals surface area contributed by atoms with Crippen molar-refractivity contribution in [1.82, 2.24) is 14.7 Å². The smallest absolute Gasteiger partial charge is 0.0683 e. The molecule has 5 heteroatoms.